The van der Waals surface area contributed by atoms with Gasteiger partial charge in [0, 0.05) is 10.9 Å². The number of hydrogen-bond donors (Lipinski definition) is 2. The molecule has 78 valence electrons. The van der Waals surface area contributed by atoms with Crippen molar-refractivity contribution in [1.82, 2.24) is 0 Å². The van der Waals surface area contributed by atoms with Gasteiger partial charge in [-0.1, -0.05) is 0 Å². The van der Waals surface area contributed by atoms with E-state index in [4.69, 9.17) is 14.9 Å². The molecule has 0 bridgehead atoms. The van der Waals surface area contributed by atoms with Gasteiger partial charge in [-0.2, -0.15) is 4.39 Å². The molecule has 0 saturated carbocycles. The van der Waals surface area contributed by atoms with E-state index in [0.29, 0.717) is 5.56 Å². The number of aromatic hydroxyl groups is 1. The molecule has 0 unspecified atom stereocenters. The SMILES string of the molecule is Cc1cc2cc(F)c(O)c(F)c2oc1=N. The first-order chi connectivity index (χ1) is 7.00. The normalized spacial score (nSPS) is 10.9. The first-order valence-electron chi connectivity index (χ1n) is 4.16. The van der Waals surface area contributed by atoms with Crippen molar-refractivity contribution < 1.29 is 18.3 Å². The van der Waals surface area contributed by atoms with Crippen molar-refractivity contribution in [2.45, 2.75) is 6.92 Å². The lowest BCUT2D eigenvalue weighted by Gasteiger charge is -2.03. The fourth-order valence-electron chi connectivity index (χ4n) is 1.30. The second-order valence-electron chi connectivity index (χ2n) is 3.20. The third kappa shape index (κ3) is 1.36. The molecule has 0 spiro atoms. The van der Waals surface area contributed by atoms with Crippen LogP contribution in [-0.2, 0) is 0 Å². The Balaban J connectivity index is 3.00. The molecule has 5 heteroatoms. The van der Waals surface area contributed by atoms with Gasteiger partial charge >= 0.3 is 0 Å². The summed E-state index contributed by atoms with van der Waals surface area (Å²) in [5.41, 5.74) is -0.0658. The zero-order chi connectivity index (χ0) is 11.2. The Hall–Kier alpha value is -1.91. The van der Waals surface area contributed by atoms with Crippen molar-refractivity contribution in [2.24, 2.45) is 0 Å². The summed E-state index contributed by atoms with van der Waals surface area (Å²) in [7, 11) is 0. The number of rotatable bonds is 0. The summed E-state index contributed by atoms with van der Waals surface area (Å²) in [6, 6.07) is 2.39. The average molecular weight is 211 g/mol. The lowest BCUT2D eigenvalue weighted by atomic mass is 10.2. The molecule has 0 aliphatic carbocycles. The molecule has 0 aliphatic rings. The highest BCUT2D eigenvalue weighted by Gasteiger charge is 2.15. The monoisotopic (exact) mass is 211 g/mol. The lowest BCUT2D eigenvalue weighted by Crippen LogP contribution is -2.03. The lowest BCUT2D eigenvalue weighted by molar-refractivity contribution is 0.391. The van der Waals surface area contributed by atoms with Crippen LogP contribution in [0.4, 0.5) is 8.78 Å². The Morgan fingerprint density at radius 3 is 2.67 bits per heavy atom. The predicted molar refractivity (Wildman–Crippen MR) is 48.4 cm³/mol. The van der Waals surface area contributed by atoms with Gasteiger partial charge in [-0.3, -0.25) is 5.41 Å². The van der Waals surface area contributed by atoms with Crippen LogP contribution in [0.3, 0.4) is 0 Å². The molecule has 2 aromatic rings. The van der Waals surface area contributed by atoms with Crippen LogP contribution in [0.2, 0.25) is 0 Å². The number of aryl methyl sites for hydroxylation is 1. The Morgan fingerprint density at radius 1 is 1.33 bits per heavy atom. The van der Waals surface area contributed by atoms with Gasteiger partial charge in [-0.15, -0.1) is 0 Å². The second-order valence-corrected chi connectivity index (χ2v) is 3.20. The number of phenolic OH excluding ortho intramolecular Hbond substituents is 1. The third-order valence-electron chi connectivity index (χ3n) is 2.11. The fraction of sp³-hybridized carbons (Fsp3) is 0.100. The summed E-state index contributed by atoms with van der Waals surface area (Å²) in [4.78, 5) is 0. The molecular formula is C10H7F2NO2. The van der Waals surface area contributed by atoms with Crippen molar-refractivity contribution in [2.75, 3.05) is 0 Å². The minimum absolute atomic E-state index is 0.177. The molecule has 3 nitrogen and oxygen atoms in total. The van der Waals surface area contributed by atoms with Gasteiger partial charge in [0.2, 0.25) is 11.4 Å². The maximum atomic E-state index is 13.3. The van der Waals surface area contributed by atoms with Gasteiger partial charge in [-0.05, 0) is 19.1 Å². The number of benzene rings is 1. The van der Waals surface area contributed by atoms with Crippen LogP contribution in [-0.4, -0.2) is 5.11 Å². The molecule has 1 aromatic carbocycles. The van der Waals surface area contributed by atoms with Crippen LogP contribution >= 0.6 is 0 Å². The number of halogens is 2. The Labute approximate surface area is 83.1 Å². The van der Waals surface area contributed by atoms with E-state index in [2.05, 4.69) is 0 Å². The van der Waals surface area contributed by atoms with E-state index in [0.717, 1.165) is 6.07 Å². The molecule has 0 amide bonds. The van der Waals surface area contributed by atoms with Gasteiger partial charge < -0.3 is 9.52 Å². The second kappa shape index (κ2) is 3.05. The van der Waals surface area contributed by atoms with Crippen molar-refractivity contribution in [3.8, 4) is 5.75 Å². The Morgan fingerprint density at radius 2 is 2.00 bits per heavy atom. The quantitative estimate of drug-likeness (QED) is 0.701. The van der Waals surface area contributed by atoms with Crippen molar-refractivity contribution >= 4 is 11.0 Å². The number of fused-ring (bicyclic) bond motifs is 1. The topological polar surface area (TPSA) is 57.2 Å². The zero-order valence-corrected chi connectivity index (χ0v) is 7.77. The van der Waals surface area contributed by atoms with Gasteiger partial charge in [-0.25, -0.2) is 4.39 Å². The molecule has 1 aromatic heterocycles. The fourth-order valence-corrected chi connectivity index (χ4v) is 1.30. The molecule has 1 heterocycles. The van der Waals surface area contributed by atoms with Gasteiger partial charge in [0.1, 0.15) is 0 Å². The first-order valence-corrected chi connectivity index (χ1v) is 4.16. The smallest absolute Gasteiger partial charge is 0.215 e. The molecule has 2 N–H and O–H groups in total. The zero-order valence-electron chi connectivity index (χ0n) is 7.77. The predicted octanol–water partition coefficient (Wildman–Crippen LogP) is 2.20. The number of phenols is 1. The molecular weight excluding hydrogens is 204 g/mol. The van der Waals surface area contributed by atoms with Gasteiger partial charge in [0.15, 0.2) is 17.1 Å². The van der Waals surface area contributed by atoms with Crippen molar-refractivity contribution in [3.05, 3.63) is 34.9 Å². The molecule has 2 rings (SSSR count). The molecule has 0 aliphatic heterocycles. The van der Waals surface area contributed by atoms with Crippen LogP contribution in [0, 0.1) is 24.0 Å². The van der Waals surface area contributed by atoms with E-state index in [-0.39, 0.29) is 16.5 Å². The number of hydrogen-bond acceptors (Lipinski definition) is 3. The van der Waals surface area contributed by atoms with E-state index in [1.165, 1.54) is 6.07 Å². The van der Waals surface area contributed by atoms with E-state index < -0.39 is 17.4 Å². The van der Waals surface area contributed by atoms with Gasteiger partial charge in [0.05, 0.1) is 0 Å². The molecule has 0 saturated heterocycles. The van der Waals surface area contributed by atoms with E-state index in [1.54, 1.807) is 6.92 Å². The summed E-state index contributed by atoms with van der Waals surface area (Å²) in [5.74, 6) is -3.32. The van der Waals surface area contributed by atoms with Crippen LogP contribution in [0.15, 0.2) is 16.5 Å². The van der Waals surface area contributed by atoms with Crippen LogP contribution in [0.1, 0.15) is 5.56 Å². The largest absolute Gasteiger partial charge is 0.503 e. The first kappa shape index (κ1) is 9.64. The molecule has 0 fully saturated rings. The summed E-state index contributed by atoms with van der Waals surface area (Å²) >= 11 is 0. The van der Waals surface area contributed by atoms with Crippen LogP contribution in [0.5, 0.6) is 5.75 Å². The molecule has 0 radical (unpaired) electrons. The minimum Gasteiger partial charge on any atom is -0.503 e. The van der Waals surface area contributed by atoms with Crippen LogP contribution < -0.4 is 5.55 Å². The average Bonchev–Trinajstić information content (AvgIpc) is 2.19. The maximum Gasteiger partial charge on any atom is 0.215 e. The van der Waals surface area contributed by atoms with Crippen LogP contribution in [0.25, 0.3) is 11.0 Å². The van der Waals surface area contributed by atoms with Crippen molar-refractivity contribution in [3.63, 3.8) is 0 Å². The van der Waals surface area contributed by atoms with E-state index in [1.807, 2.05) is 0 Å². The Kier molecular flexibility index (Phi) is 1.96. The highest BCUT2D eigenvalue weighted by atomic mass is 19.1. The summed E-state index contributed by atoms with van der Waals surface area (Å²) in [6.45, 7) is 1.59. The van der Waals surface area contributed by atoms with E-state index in [9.17, 15) is 8.78 Å². The number of nitrogens with one attached hydrogen (secondary N) is 1. The van der Waals surface area contributed by atoms with Crippen molar-refractivity contribution in [1.29, 1.82) is 5.41 Å². The van der Waals surface area contributed by atoms with Gasteiger partial charge in [0.25, 0.3) is 0 Å². The maximum absolute atomic E-state index is 13.3. The third-order valence-corrected chi connectivity index (χ3v) is 2.11. The molecule has 15 heavy (non-hydrogen) atoms. The standard InChI is InChI=1S/C10H7F2NO2/c1-4-2-5-3-6(11)8(14)7(12)9(5)15-10(4)13/h2-3,13-14H,1H3. The highest BCUT2D eigenvalue weighted by molar-refractivity contribution is 5.79. The Bertz CT molecular complexity index is 604. The highest BCUT2D eigenvalue weighted by Crippen LogP contribution is 2.27. The molecule has 0 atom stereocenters. The summed E-state index contributed by atoms with van der Waals surface area (Å²) in [6.07, 6.45) is 0. The van der Waals surface area contributed by atoms with E-state index >= 15 is 0 Å². The summed E-state index contributed by atoms with van der Waals surface area (Å²) in [5, 5.41) is 16.5. The summed E-state index contributed by atoms with van der Waals surface area (Å²) < 4.78 is 31.1. The minimum atomic E-state index is -1.18.